The van der Waals surface area contributed by atoms with Gasteiger partial charge in [-0.1, -0.05) is 86.8 Å². The molecule has 3 rings (SSSR count). The highest BCUT2D eigenvalue weighted by Gasteiger charge is 2.09. The summed E-state index contributed by atoms with van der Waals surface area (Å²) in [6.45, 7) is 2.25. The van der Waals surface area contributed by atoms with E-state index < -0.39 is 0 Å². The Morgan fingerprint density at radius 1 is 0.731 bits per heavy atom. The molecule has 0 spiro atoms. The van der Waals surface area contributed by atoms with Crippen molar-refractivity contribution in [2.75, 3.05) is 0 Å². The number of hydrogen-bond donors (Lipinski definition) is 0. The van der Waals surface area contributed by atoms with Crippen molar-refractivity contribution in [2.45, 2.75) is 39.0 Å². The zero-order valence-electron chi connectivity index (χ0n) is 15.4. The topological polar surface area (TPSA) is 23.8 Å². The quantitative estimate of drug-likeness (QED) is 0.424. The van der Waals surface area contributed by atoms with E-state index in [-0.39, 0.29) is 0 Å². The van der Waals surface area contributed by atoms with Gasteiger partial charge in [-0.2, -0.15) is 5.26 Å². The fourth-order valence-corrected chi connectivity index (χ4v) is 3.34. The third-order valence-electron chi connectivity index (χ3n) is 4.81. The van der Waals surface area contributed by atoms with Gasteiger partial charge in [-0.05, 0) is 52.8 Å². The summed E-state index contributed by atoms with van der Waals surface area (Å²) in [6.07, 6.45) is 6.24. The van der Waals surface area contributed by atoms with Crippen LogP contribution in [0.2, 0.25) is 0 Å². The van der Waals surface area contributed by atoms with E-state index in [1.54, 1.807) is 0 Å². The predicted octanol–water partition coefficient (Wildman–Crippen LogP) is 7.02. The number of nitrogens with zero attached hydrogens (tertiary/aromatic N) is 1. The zero-order chi connectivity index (χ0) is 18.2. The van der Waals surface area contributed by atoms with Crippen LogP contribution in [-0.2, 0) is 6.42 Å². The molecule has 0 fully saturated rings. The maximum atomic E-state index is 9.07. The van der Waals surface area contributed by atoms with Gasteiger partial charge in [0.25, 0.3) is 0 Å². The first-order valence-electron chi connectivity index (χ1n) is 9.50. The first-order valence-corrected chi connectivity index (χ1v) is 9.50. The Kier molecular flexibility index (Phi) is 6.23. The van der Waals surface area contributed by atoms with Crippen molar-refractivity contribution in [3.05, 3.63) is 83.9 Å². The van der Waals surface area contributed by atoms with Crippen LogP contribution in [0.3, 0.4) is 0 Å². The summed E-state index contributed by atoms with van der Waals surface area (Å²) >= 11 is 0. The lowest BCUT2D eigenvalue weighted by molar-refractivity contribution is 0.667. The number of unbranched alkanes of at least 4 members (excludes halogenated alkanes) is 3. The third kappa shape index (κ3) is 4.41. The molecule has 0 heterocycles. The second kappa shape index (κ2) is 9.02. The van der Waals surface area contributed by atoms with Crippen molar-refractivity contribution in [1.82, 2.24) is 0 Å². The lowest BCUT2D eigenvalue weighted by Crippen LogP contribution is -1.91. The molecule has 0 atom stereocenters. The Hall–Kier alpha value is -2.85. The van der Waals surface area contributed by atoms with Crippen molar-refractivity contribution < 1.29 is 0 Å². The molecule has 1 nitrogen and oxygen atoms in total. The SMILES string of the molecule is CCCCCCc1ccc(-c2ccccc2)c(-c2ccc(C#N)cc2)c1. The minimum absolute atomic E-state index is 0.700. The summed E-state index contributed by atoms with van der Waals surface area (Å²) in [7, 11) is 0. The molecule has 0 aliphatic rings. The number of aryl methyl sites for hydroxylation is 1. The van der Waals surface area contributed by atoms with Crippen molar-refractivity contribution >= 4 is 0 Å². The van der Waals surface area contributed by atoms with Gasteiger partial charge in [0.1, 0.15) is 0 Å². The van der Waals surface area contributed by atoms with E-state index in [1.165, 1.54) is 53.5 Å². The average molecular weight is 339 g/mol. The molecule has 0 bridgehead atoms. The highest BCUT2D eigenvalue weighted by Crippen LogP contribution is 2.33. The summed E-state index contributed by atoms with van der Waals surface area (Å²) in [5.41, 5.74) is 6.97. The molecule has 0 aromatic heterocycles. The fraction of sp³-hybridized carbons (Fsp3) is 0.240. The average Bonchev–Trinajstić information content (AvgIpc) is 2.72. The smallest absolute Gasteiger partial charge is 0.0991 e. The molecule has 0 radical (unpaired) electrons. The van der Waals surface area contributed by atoms with Gasteiger partial charge in [-0.3, -0.25) is 0 Å². The van der Waals surface area contributed by atoms with E-state index in [2.05, 4.69) is 67.6 Å². The van der Waals surface area contributed by atoms with Crippen LogP contribution in [0.25, 0.3) is 22.3 Å². The van der Waals surface area contributed by atoms with Crippen LogP contribution in [0.5, 0.6) is 0 Å². The predicted molar refractivity (Wildman–Crippen MR) is 110 cm³/mol. The molecule has 0 aliphatic carbocycles. The van der Waals surface area contributed by atoms with Crippen molar-refractivity contribution in [1.29, 1.82) is 5.26 Å². The highest BCUT2D eigenvalue weighted by atomic mass is 14.2. The molecule has 1 heteroatoms. The van der Waals surface area contributed by atoms with E-state index in [0.717, 1.165) is 6.42 Å². The summed E-state index contributed by atoms with van der Waals surface area (Å²) in [5.74, 6) is 0. The fourth-order valence-electron chi connectivity index (χ4n) is 3.34. The standard InChI is InChI=1S/C25H25N/c1-2-3-4-6-9-20-14-17-24(22-10-7-5-8-11-22)25(18-20)23-15-12-21(19-26)13-16-23/h5,7-8,10-18H,2-4,6,9H2,1H3. The number of benzene rings is 3. The molecular formula is C25H25N. The van der Waals surface area contributed by atoms with E-state index in [4.69, 9.17) is 5.26 Å². The van der Waals surface area contributed by atoms with Gasteiger partial charge in [0.2, 0.25) is 0 Å². The Balaban J connectivity index is 1.97. The Labute approximate surface area is 156 Å². The van der Waals surface area contributed by atoms with Crippen LogP contribution in [0, 0.1) is 11.3 Å². The molecular weight excluding hydrogens is 314 g/mol. The molecule has 26 heavy (non-hydrogen) atoms. The highest BCUT2D eigenvalue weighted by molar-refractivity contribution is 5.84. The normalized spacial score (nSPS) is 10.5. The van der Waals surface area contributed by atoms with E-state index in [9.17, 15) is 0 Å². The molecule has 0 N–H and O–H groups in total. The van der Waals surface area contributed by atoms with Crippen LogP contribution in [0.1, 0.15) is 43.7 Å². The molecule has 0 saturated carbocycles. The minimum Gasteiger partial charge on any atom is -0.192 e. The number of rotatable bonds is 7. The van der Waals surface area contributed by atoms with Gasteiger partial charge in [-0.25, -0.2) is 0 Å². The zero-order valence-corrected chi connectivity index (χ0v) is 15.4. The molecule has 0 unspecified atom stereocenters. The maximum absolute atomic E-state index is 9.07. The molecule has 130 valence electrons. The molecule has 3 aromatic carbocycles. The molecule has 0 aliphatic heterocycles. The summed E-state index contributed by atoms with van der Waals surface area (Å²) in [6, 6.07) is 27.5. The van der Waals surface area contributed by atoms with Crippen LogP contribution in [-0.4, -0.2) is 0 Å². The summed E-state index contributed by atoms with van der Waals surface area (Å²) in [4.78, 5) is 0. The molecule has 3 aromatic rings. The van der Waals surface area contributed by atoms with E-state index in [1.807, 2.05) is 18.2 Å². The Morgan fingerprint density at radius 2 is 1.46 bits per heavy atom. The summed E-state index contributed by atoms with van der Waals surface area (Å²) < 4.78 is 0. The maximum Gasteiger partial charge on any atom is 0.0991 e. The number of nitriles is 1. The van der Waals surface area contributed by atoms with Crippen LogP contribution < -0.4 is 0 Å². The van der Waals surface area contributed by atoms with Crippen molar-refractivity contribution in [2.24, 2.45) is 0 Å². The lowest BCUT2D eigenvalue weighted by Gasteiger charge is -2.13. The van der Waals surface area contributed by atoms with Gasteiger partial charge in [0.05, 0.1) is 11.6 Å². The van der Waals surface area contributed by atoms with Gasteiger partial charge >= 0.3 is 0 Å². The van der Waals surface area contributed by atoms with Crippen LogP contribution in [0.4, 0.5) is 0 Å². The van der Waals surface area contributed by atoms with Gasteiger partial charge < -0.3 is 0 Å². The van der Waals surface area contributed by atoms with Crippen molar-refractivity contribution in [3.63, 3.8) is 0 Å². The molecule has 0 saturated heterocycles. The van der Waals surface area contributed by atoms with Crippen LogP contribution >= 0.6 is 0 Å². The Morgan fingerprint density at radius 3 is 2.15 bits per heavy atom. The monoisotopic (exact) mass is 339 g/mol. The summed E-state index contributed by atoms with van der Waals surface area (Å²) in [5, 5.41) is 9.07. The van der Waals surface area contributed by atoms with Gasteiger partial charge in [0, 0.05) is 0 Å². The second-order valence-corrected chi connectivity index (χ2v) is 6.75. The van der Waals surface area contributed by atoms with Crippen LogP contribution in [0.15, 0.2) is 72.8 Å². The largest absolute Gasteiger partial charge is 0.192 e. The van der Waals surface area contributed by atoms with Crippen molar-refractivity contribution in [3.8, 4) is 28.3 Å². The number of hydrogen-bond acceptors (Lipinski definition) is 1. The van der Waals surface area contributed by atoms with E-state index >= 15 is 0 Å². The third-order valence-corrected chi connectivity index (χ3v) is 4.81. The first kappa shape index (κ1) is 18.0. The van der Waals surface area contributed by atoms with E-state index in [0.29, 0.717) is 5.56 Å². The Bertz CT molecular complexity index is 870. The van der Waals surface area contributed by atoms with Gasteiger partial charge in [0.15, 0.2) is 0 Å². The second-order valence-electron chi connectivity index (χ2n) is 6.75. The minimum atomic E-state index is 0.700. The molecule has 0 amide bonds. The lowest BCUT2D eigenvalue weighted by atomic mass is 9.91. The first-order chi connectivity index (χ1) is 12.8. The van der Waals surface area contributed by atoms with Gasteiger partial charge in [-0.15, -0.1) is 0 Å².